The molecular formula is C31H35F3O3. The maximum atomic E-state index is 15.2. The van der Waals surface area contributed by atoms with Crippen LogP contribution in [0, 0.1) is 35.2 Å². The Hall–Kier alpha value is -3.02. The predicted octanol–water partition coefficient (Wildman–Crippen LogP) is 8.54. The molecule has 4 rings (SSSR count). The molecule has 0 heterocycles. The second-order valence-corrected chi connectivity index (χ2v) is 10.3. The third kappa shape index (κ3) is 6.46. The van der Waals surface area contributed by atoms with E-state index in [0.29, 0.717) is 17.4 Å². The minimum Gasteiger partial charge on any atom is -0.486 e. The molecule has 0 aliphatic heterocycles. The van der Waals surface area contributed by atoms with E-state index in [-0.39, 0.29) is 24.0 Å². The number of rotatable bonds is 9. The molecule has 3 nitrogen and oxygen atoms in total. The summed E-state index contributed by atoms with van der Waals surface area (Å²) >= 11 is 0. The zero-order chi connectivity index (χ0) is 26.4. The molecule has 2 aliphatic carbocycles. The fraction of sp³-hybridized carbons (Fsp3) is 0.452. The molecule has 2 aromatic rings. The second kappa shape index (κ2) is 12.5. The molecule has 2 aliphatic rings. The number of halogens is 3. The van der Waals surface area contributed by atoms with Crippen LogP contribution < -0.4 is 9.47 Å². The van der Waals surface area contributed by atoms with Crippen molar-refractivity contribution in [3.05, 3.63) is 83.7 Å². The maximum Gasteiger partial charge on any atom is 0.346 e. The van der Waals surface area contributed by atoms with E-state index in [1.165, 1.54) is 49.6 Å². The minimum atomic E-state index is -1.22. The molecule has 0 amide bonds. The summed E-state index contributed by atoms with van der Waals surface area (Å²) in [6.07, 6.45) is 14.4. The van der Waals surface area contributed by atoms with Crippen molar-refractivity contribution < 1.29 is 27.4 Å². The standard InChI is InChI=1S/C31H35F3O3/c1-3-5-6-7-20-8-9-22-18-23(11-10-21(22)17-20)25-13-14-26(30(34)29(25)33)31(35)37-24-12-15-28(27(32)19-24)36-16-4-2/h3-5,12-15,19-23H,2,6-11,16-18H2,1H3/b5-3+. The summed E-state index contributed by atoms with van der Waals surface area (Å²) < 4.78 is 54.6. The van der Waals surface area contributed by atoms with Gasteiger partial charge in [-0.25, -0.2) is 18.0 Å². The number of hydrogen-bond acceptors (Lipinski definition) is 3. The molecule has 2 fully saturated rings. The molecule has 37 heavy (non-hydrogen) atoms. The van der Waals surface area contributed by atoms with Gasteiger partial charge < -0.3 is 9.47 Å². The largest absolute Gasteiger partial charge is 0.486 e. The summed E-state index contributed by atoms with van der Waals surface area (Å²) in [5.41, 5.74) is -0.179. The van der Waals surface area contributed by atoms with E-state index in [1.807, 2.05) is 0 Å². The van der Waals surface area contributed by atoms with Crippen LogP contribution in [0.25, 0.3) is 0 Å². The second-order valence-electron chi connectivity index (χ2n) is 10.3. The first kappa shape index (κ1) is 27.0. The Balaban J connectivity index is 1.39. The van der Waals surface area contributed by atoms with Crippen LogP contribution in [0.2, 0.25) is 0 Å². The Morgan fingerprint density at radius 3 is 2.57 bits per heavy atom. The Morgan fingerprint density at radius 2 is 1.81 bits per heavy atom. The van der Waals surface area contributed by atoms with Crippen LogP contribution in [0.3, 0.4) is 0 Å². The SMILES string of the molecule is C=CCOc1ccc(OC(=O)c2ccc(C3CCC4CC(CC/C=C/C)CCC4C3)c(F)c2F)cc1F. The monoisotopic (exact) mass is 512 g/mol. The van der Waals surface area contributed by atoms with E-state index in [2.05, 4.69) is 25.7 Å². The summed E-state index contributed by atoms with van der Waals surface area (Å²) in [6.45, 7) is 5.66. The van der Waals surface area contributed by atoms with Crippen molar-refractivity contribution >= 4 is 5.97 Å². The molecule has 4 unspecified atom stereocenters. The molecule has 0 N–H and O–H groups in total. The molecule has 2 saturated carbocycles. The molecule has 0 saturated heterocycles. The van der Waals surface area contributed by atoms with Crippen molar-refractivity contribution in [2.75, 3.05) is 6.61 Å². The van der Waals surface area contributed by atoms with Crippen LogP contribution >= 0.6 is 0 Å². The highest BCUT2D eigenvalue weighted by Gasteiger charge is 2.37. The normalized spacial score (nSPS) is 23.5. The Bertz CT molecular complexity index is 1140. The maximum absolute atomic E-state index is 15.2. The van der Waals surface area contributed by atoms with E-state index < -0.39 is 29.0 Å². The van der Waals surface area contributed by atoms with Gasteiger partial charge in [0.1, 0.15) is 12.4 Å². The van der Waals surface area contributed by atoms with Crippen molar-refractivity contribution in [2.24, 2.45) is 17.8 Å². The first-order chi connectivity index (χ1) is 17.9. The number of allylic oxidation sites excluding steroid dienone is 2. The number of carbonyl (C=O) groups is 1. The van der Waals surface area contributed by atoms with E-state index in [9.17, 15) is 9.18 Å². The van der Waals surface area contributed by atoms with Crippen molar-refractivity contribution in [3.63, 3.8) is 0 Å². The summed E-state index contributed by atoms with van der Waals surface area (Å²) in [7, 11) is 0. The molecule has 0 radical (unpaired) electrons. The van der Waals surface area contributed by atoms with Gasteiger partial charge in [0.05, 0.1) is 5.56 Å². The Labute approximate surface area is 217 Å². The van der Waals surface area contributed by atoms with Gasteiger partial charge in [-0.2, -0.15) is 0 Å². The Kier molecular flexibility index (Phi) is 9.12. The Morgan fingerprint density at radius 1 is 1.03 bits per heavy atom. The molecule has 0 bridgehead atoms. The first-order valence-corrected chi connectivity index (χ1v) is 13.3. The lowest BCUT2D eigenvalue weighted by molar-refractivity contribution is 0.0727. The van der Waals surface area contributed by atoms with Gasteiger partial charge >= 0.3 is 5.97 Å². The third-order valence-corrected chi connectivity index (χ3v) is 7.94. The lowest BCUT2D eigenvalue weighted by Crippen LogP contribution is -2.30. The number of esters is 1. The van der Waals surface area contributed by atoms with E-state index in [4.69, 9.17) is 9.47 Å². The summed E-state index contributed by atoms with van der Waals surface area (Å²) in [5, 5.41) is 0. The highest BCUT2D eigenvalue weighted by Crippen LogP contribution is 2.49. The average molecular weight is 513 g/mol. The summed E-state index contributed by atoms with van der Waals surface area (Å²) in [6, 6.07) is 6.38. The van der Waals surface area contributed by atoms with Gasteiger partial charge in [0.2, 0.25) is 0 Å². The summed E-state index contributed by atoms with van der Waals surface area (Å²) in [4.78, 5) is 12.6. The molecule has 0 spiro atoms. The van der Waals surface area contributed by atoms with Crippen LogP contribution in [-0.4, -0.2) is 12.6 Å². The van der Waals surface area contributed by atoms with Crippen molar-refractivity contribution in [1.29, 1.82) is 0 Å². The predicted molar refractivity (Wildman–Crippen MR) is 138 cm³/mol. The molecule has 4 atom stereocenters. The highest BCUT2D eigenvalue weighted by atomic mass is 19.2. The topological polar surface area (TPSA) is 35.5 Å². The van der Waals surface area contributed by atoms with Crippen molar-refractivity contribution in [3.8, 4) is 11.5 Å². The fourth-order valence-electron chi connectivity index (χ4n) is 6.04. The quantitative estimate of drug-likeness (QED) is 0.192. The molecule has 2 aromatic carbocycles. The highest BCUT2D eigenvalue weighted by molar-refractivity contribution is 5.91. The fourth-order valence-corrected chi connectivity index (χ4v) is 6.04. The molecule has 198 valence electrons. The van der Waals surface area contributed by atoms with E-state index in [0.717, 1.165) is 44.1 Å². The van der Waals surface area contributed by atoms with Gasteiger partial charge in [-0.05, 0) is 99.3 Å². The van der Waals surface area contributed by atoms with Crippen LogP contribution in [0.15, 0.2) is 55.1 Å². The molecule has 0 aromatic heterocycles. The summed E-state index contributed by atoms with van der Waals surface area (Å²) in [5.74, 6) is -2.28. The van der Waals surface area contributed by atoms with Crippen LogP contribution in [0.4, 0.5) is 13.2 Å². The third-order valence-electron chi connectivity index (χ3n) is 7.94. The van der Waals surface area contributed by atoms with E-state index >= 15 is 8.78 Å². The van der Waals surface area contributed by atoms with Gasteiger partial charge in [0, 0.05) is 6.07 Å². The zero-order valence-electron chi connectivity index (χ0n) is 21.4. The number of hydrogen-bond donors (Lipinski definition) is 0. The minimum absolute atomic E-state index is 0.0295. The van der Waals surface area contributed by atoms with Crippen LogP contribution in [-0.2, 0) is 0 Å². The lowest BCUT2D eigenvalue weighted by Gasteiger charge is -2.42. The smallest absolute Gasteiger partial charge is 0.346 e. The van der Waals surface area contributed by atoms with Crippen LogP contribution in [0.1, 0.15) is 80.1 Å². The number of fused-ring (bicyclic) bond motifs is 1. The van der Waals surface area contributed by atoms with Gasteiger partial charge in [-0.3, -0.25) is 0 Å². The first-order valence-electron chi connectivity index (χ1n) is 13.3. The van der Waals surface area contributed by atoms with Gasteiger partial charge in [0.15, 0.2) is 23.2 Å². The molecular weight excluding hydrogens is 477 g/mol. The number of carbonyl (C=O) groups excluding carboxylic acids is 1. The molecule has 6 heteroatoms. The van der Waals surface area contributed by atoms with Crippen LogP contribution in [0.5, 0.6) is 11.5 Å². The lowest BCUT2D eigenvalue weighted by atomic mass is 9.63. The van der Waals surface area contributed by atoms with Crippen molar-refractivity contribution in [1.82, 2.24) is 0 Å². The van der Waals surface area contributed by atoms with E-state index in [1.54, 1.807) is 0 Å². The zero-order valence-corrected chi connectivity index (χ0v) is 21.4. The number of benzene rings is 2. The van der Waals surface area contributed by atoms with Gasteiger partial charge in [-0.15, -0.1) is 0 Å². The average Bonchev–Trinajstić information content (AvgIpc) is 2.89. The van der Waals surface area contributed by atoms with Crippen molar-refractivity contribution in [2.45, 2.75) is 64.2 Å². The van der Waals surface area contributed by atoms with Gasteiger partial charge in [0.25, 0.3) is 0 Å². The number of ether oxygens (including phenoxy) is 2. The van der Waals surface area contributed by atoms with Gasteiger partial charge in [-0.1, -0.05) is 37.3 Å².